The molecule has 3 nitrogen and oxygen atoms in total. The van der Waals surface area contributed by atoms with E-state index in [1.807, 2.05) is 13.1 Å². The van der Waals surface area contributed by atoms with Gasteiger partial charge >= 0.3 is 0 Å². The van der Waals surface area contributed by atoms with Gasteiger partial charge in [-0.25, -0.2) is 0 Å². The minimum absolute atomic E-state index is 0.0923. The summed E-state index contributed by atoms with van der Waals surface area (Å²) in [5.74, 6) is 0. The quantitative estimate of drug-likeness (QED) is 0.802. The van der Waals surface area contributed by atoms with Crippen LogP contribution < -0.4 is 5.73 Å². The smallest absolute Gasteiger partial charge is 0.158 e. The minimum atomic E-state index is -0.0923. The molecule has 4 heteroatoms. The van der Waals surface area contributed by atoms with Gasteiger partial charge in [-0.05, 0) is 30.5 Å². The van der Waals surface area contributed by atoms with Crippen LogP contribution in [-0.2, 0) is 12.6 Å². The fraction of sp³-hybridized carbons (Fsp3) is 0.364. The highest BCUT2D eigenvalue weighted by Gasteiger charge is 2.40. The van der Waals surface area contributed by atoms with Gasteiger partial charge in [0, 0.05) is 18.0 Å². The van der Waals surface area contributed by atoms with Crippen molar-refractivity contribution in [2.24, 2.45) is 12.8 Å². The molecule has 0 aliphatic heterocycles. The second kappa shape index (κ2) is 2.74. The van der Waals surface area contributed by atoms with Crippen LogP contribution in [0.2, 0.25) is 5.15 Å². The van der Waals surface area contributed by atoms with Crippen LogP contribution in [0, 0.1) is 0 Å². The lowest BCUT2D eigenvalue weighted by Gasteiger charge is -2.08. The number of hydrogen-bond acceptors (Lipinski definition) is 2. The third-order valence-electron chi connectivity index (χ3n) is 3.17. The number of fused-ring (bicyclic) bond motifs is 1. The van der Waals surface area contributed by atoms with Crippen LogP contribution in [0.4, 0.5) is 0 Å². The second-order valence-corrected chi connectivity index (χ2v) is 4.66. The van der Waals surface area contributed by atoms with Crippen LogP contribution in [-0.4, -0.2) is 9.78 Å². The summed E-state index contributed by atoms with van der Waals surface area (Å²) in [6.45, 7) is 0. The Balaban J connectivity index is 2.25. The fourth-order valence-electron chi connectivity index (χ4n) is 1.95. The molecule has 15 heavy (non-hydrogen) atoms. The molecule has 1 aromatic heterocycles. The molecule has 3 rings (SSSR count). The highest BCUT2D eigenvalue weighted by molar-refractivity contribution is 6.34. The van der Waals surface area contributed by atoms with Gasteiger partial charge in [-0.3, -0.25) is 4.68 Å². The zero-order valence-corrected chi connectivity index (χ0v) is 9.25. The largest absolute Gasteiger partial charge is 0.321 e. The summed E-state index contributed by atoms with van der Waals surface area (Å²) in [7, 11) is 1.90. The number of halogens is 1. The highest BCUT2D eigenvalue weighted by Crippen LogP contribution is 2.43. The van der Waals surface area contributed by atoms with Crippen LogP contribution in [0.1, 0.15) is 18.4 Å². The lowest BCUT2D eigenvalue weighted by atomic mass is 10.0. The molecule has 0 unspecified atom stereocenters. The van der Waals surface area contributed by atoms with Crippen molar-refractivity contribution in [2.45, 2.75) is 18.4 Å². The molecule has 0 bridgehead atoms. The van der Waals surface area contributed by atoms with Gasteiger partial charge in [0.1, 0.15) is 0 Å². The maximum absolute atomic E-state index is 6.15. The lowest BCUT2D eigenvalue weighted by molar-refractivity contribution is 0.738. The molecule has 1 saturated carbocycles. The predicted molar refractivity (Wildman–Crippen MR) is 60.8 cm³/mol. The van der Waals surface area contributed by atoms with E-state index in [1.54, 1.807) is 4.68 Å². The maximum atomic E-state index is 6.15. The first-order chi connectivity index (χ1) is 7.10. The Kier molecular flexibility index (Phi) is 1.68. The van der Waals surface area contributed by atoms with Crippen LogP contribution in [0.3, 0.4) is 0 Å². The SMILES string of the molecule is Cn1nc(Cl)c2ccc(C3(N)CC3)cc21. The zero-order valence-electron chi connectivity index (χ0n) is 8.50. The van der Waals surface area contributed by atoms with Gasteiger partial charge in [0.2, 0.25) is 0 Å². The van der Waals surface area contributed by atoms with Crippen molar-refractivity contribution in [3.8, 4) is 0 Å². The summed E-state index contributed by atoms with van der Waals surface area (Å²) >= 11 is 6.00. The average Bonchev–Trinajstić information content (AvgIpc) is 2.90. The summed E-state index contributed by atoms with van der Waals surface area (Å²) in [5, 5.41) is 5.72. The van der Waals surface area contributed by atoms with Gasteiger partial charge in [-0.15, -0.1) is 0 Å². The third-order valence-corrected chi connectivity index (χ3v) is 3.45. The molecule has 1 aromatic carbocycles. The van der Waals surface area contributed by atoms with Crippen LogP contribution in [0.15, 0.2) is 18.2 Å². The molecule has 0 amide bonds. The van der Waals surface area contributed by atoms with Gasteiger partial charge < -0.3 is 5.73 Å². The molecule has 0 radical (unpaired) electrons. The number of nitrogens with two attached hydrogens (primary N) is 1. The van der Waals surface area contributed by atoms with E-state index in [1.165, 1.54) is 5.56 Å². The van der Waals surface area contributed by atoms with E-state index in [-0.39, 0.29) is 5.54 Å². The molecule has 1 heterocycles. The van der Waals surface area contributed by atoms with Crippen molar-refractivity contribution in [1.82, 2.24) is 9.78 Å². The predicted octanol–water partition coefficient (Wildman–Crippen LogP) is 2.17. The normalized spacial score (nSPS) is 18.3. The number of hydrogen-bond donors (Lipinski definition) is 1. The number of rotatable bonds is 1. The molecule has 0 atom stereocenters. The Morgan fingerprint density at radius 2 is 2.20 bits per heavy atom. The molecule has 0 spiro atoms. The second-order valence-electron chi connectivity index (χ2n) is 4.30. The summed E-state index contributed by atoms with van der Waals surface area (Å²) in [6, 6.07) is 6.16. The first kappa shape index (κ1) is 9.19. The van der Waals surface area contributed by atoms with E-state index < -0.39 is 0 Å². The summed E-state index contributed by atoms with van der Waals surface area (Å²) in [5.41, 5.74) is 8.30. The monoisotopic (exact) mass is 221 g/mol. The van der Waals surface area contributed by atoms with Gasteiger partial charge in [-0.2, -0.15) is 5.10 Å². The lowest BCUT2D eigenvalue weighted by Crippen LogP contribution is -2.18. The topological polar surface area (TPSA) is 43.8 Å². The van der Waals surface area contributed by atoms with Gasteiger partial charge in [-0.1, -0.05) is 17.7 Å². The first-order valence-corrected chi connectivity index (χ1v) is 5.40. The van der Waals surface area contributed by atoms with Gasteiger partial charge in [0.25, 0.3) is 0 Å². The highest BCUT2D eigenvalue weighted by atomic mass is 35.5. The molecule has 2 N–H and O–H groups in total. The molecule has 1 aliphatic rings. The van der Waals surface area contributed by atoms with E-state index >= 15 is 0 Å². The Morgan fingerprint density at radius 3 is 2.87 bits per heavy atom. The van der Waals surface area contributed by atoms with Crippen molar-refractivity contribution >= 4 is 22.5 Å². The Labute approximate surface area is 92.8 Å². The molecule has 2 aromatic rings. The molecule has 1 fully saturated rings. The minimum Gasteiger partial charge on any atom is -0.321 e. The van der Waals surface area contributed by atoms with Crippen LogP contribution in [0.25, 0.3) is 10.9 Å². The number of aryl methyl sites for hydroxylation is 1. The van der Waals surface area contributed by atoms with Crippen molar-refractivity contribution < 1.29 is 0 Å². The number of benzene rings is 1. The molecular weight excluding hydrogens is 210 g/mol. The Bertz CT molecular complexity index is 540. The maximum Gasteiger partial charge on any atom is 0.158 e. The number of nitrogens with zero attached hydrogens (tertiary/aromatic N) is 2. The molecular formula is C11H12ClN3. The van der Waals surface area contributed by atoms with E-state index in [4.69, 9.17) is 17.3 Å². The van der Waals surface area contributed by atoms with E-state index in [9.17, 15) is 0 Å². The summed E-state index contributed by atoms with van der Waals surface area (Å²) < 4.78 is 1.80. The van der Waals surface area contributed by atoms with Crippen molar-refractivity contribution in [2.75, 3.05) is 0 Å². The standard InChI is InChI=1S/C11H12ClN3/c1-15-9-6-7(11(13)4-5-11)2-3-8(9)10(12)14-15/h2-3,6H,4-5,13H2,1H3. The fourth-order valence-corrected chi connectivity index (χ4v) is 2.22. The summed E-state index contributed by atoms with van der Waals surface area (Å²) in [6.07, 6.45) is 2.15. The van der Waals surface area contributed by atoms with Crippen molar-refractivity contribution in [3.05, 3.63) is 28.9 Å². The zero-order chi connectivity index (χ0) is 10.6. The van der Waals surface area contributed by atoms with E-state index in [0.29, 0.717) is 5.15 Å². The van der Waals surface area contributed by atoms with Gasteiger partial charge in [0.05, 0.1) is 5.52 Å². The molecule has 1 aliphatic carbocycles. The third kappa shape index (κ3) is 1.27. The average molecular weight is 222 g/mol. The van der Waals surface area contributed by atoms with E-state index in [2.05, 4.69) is 17.2 Å². The molecule has 78 valence electrons. The van der Waals surface area contributed by atoms with Gasteiger partial charge in [0.15, 0.2) is 5.15 Å². The van der Waals surface area contributed by atoms with Crippen LogP contribution in [0.5, 0.6) is 0 Å². The number of aromatic nitrogens is 2. The van der Waals surface area contributed by atoms with Crippen LogP contribution >= 0.6 is 11.6 Å². The van der Waals surface area contributed by atoms with E-state index in [0.717, 1.165) is 23.7 Å². The molecule has 0 saturated heterocycles. The Morgan fingerprint density at radius 1 is 1.47 bits per heavy atom. The van der Waals surface area contributed by atoms with Crippen molar-refractivity contribution in [3.63, 3.8) is 0 Å². The first-order valence-electron chi connectivity index (χ1n) is 5.02. The van der Waals surface area contributed by atoms with Crippen molar-refractivity contribution in [1.29, 1.82) is 0 Å². The summed E-state index contributed by atoms with van der Waals surface area (Å²) in [4.78, 5) is 0. The Hall–Kier alpha value is -1.06.